The Morgan fingerprint density at radius 3 is 2.83 bits per heavy atom. The molecule has 1 aromatic rings. The summed E-state index contributed by atoms with van der Waals surface area (Å²) in [6, 6.07) is 1.71. The van der Waals surface area contributed by atoms with Gasteiger partial charge < -0.3 is 5.73 Å². The zero-order valence-corrected chi connectivity index (χ0v) is 7.93. The summed E-state index contributed by atoms with van der Waals surface area (Å²) in [5.41, 5.74) is 5.50. The van der Waals surface area contributed by atoms with Crippen molar-refractivity contribution in [3.05, 3.63) is 11.3 Å². The van der Waals surface area contributed by atoms with Crippen molar-refractivity contribution in [2.45, 2.75) is 12.3 Å². The van der Waals surface area contributed by atoms with Crippen molar-refractivity contribution in [1.82, 2.24) is 9.97 Å². The van der Waals surface area contributed by atoms with E-state index in [1.165, 1.54) is 0 Å². The molecule has 2 rings (SSSR count). The lowest BCUT2D eigenvalue weighted by molar-refractivity contribution is 1.08. The number of aromatic nitrogens is 2. The summed E-state index contributed by atoms with van der Waals surface area (Å²) < 4.78 is 2.02. The van der Waals surface area contributed by atoms with Gasteiger partial charge in [0.15, 0.2) is 0 Å². The lowest BCUT2D eigenvalue weighted by atomic mass is 10.5. The van der Waals surface area contributed by atoms with Gasteiger partial charge in [0.1, 0.15) is 17.0 Å². The van der Waals surface area contributed by atoms with Crippen molar-refractivity contribution in [3.63, 3.8) is 0 Å². The molecule has 0 saturated carbocycles. The molecule has 64 valence electrons. The molecule has 0 aromatic carbocycles. The molecule has 4 nitrogen and oxygen atoms in total. The van der Waals surface area contributed by atoms with Gasteiger partial charge >= 0.3 is 0 Å². The first-order valence-electron chi connectivity index (χ1n) is 3.43. The van der Waals surface area contributed by atoms with Gasteiger partial charge in [-0.2, -0.15) is 4.98 Å². The molecule has 12 heavy (non-hydrogen) atoms. The number of rotatable bonds is 1. The smallest absolute Gasteiger partial charge is 0.226 e. The van der Waals surface area contributed by atoms with Crippen molar-refractivity contribution in [1.29, 1.82) is 0 Å². The molecular weight excluding hydrogens is 196 g/mol. The molecule has 2 N–H and O–H groups in total. The zero-order valence-electron chi connectivity index (χ0n) is 6.36. The molecule has 1 aromatic heterocycles. The topological polar surface area (TPSA) is 54.8 Å². The van der Waals surface area contributed by atoms with Gasteiger partial charge in [-0.05, 0) is 30.5 Å². The Morgan fingerprint density at radius 2 is 2.33 bits per heavy atom. The fraction of sp³-hybridized carbons (Fsp3) is 0.333. The molecule has 1 atom stereocenters. The first kappa shape index (κ1) is 7.94. The second-order valence-electron chi connectivity index (χ2n) is 2.45. The van der Waals surface area contributed by atoms with Gasteiger partial charge in [-0.15, -0.1) is 0 Å². The molecule has 0 spiro atoms. The zero-order chi connectivity index (χ0) is 8.72. The molecule has 1 aliphatic rings. The van der Waals surface area contributed by atoms with Gasteiger partial charge in [0.25, 0.3) is 0 Å². The van der Waals surface area contributed by atoms with Crippen LogP contribution < -0.4 is 10.0 Å². The highest BCUT2D eigenvalue weighted by molar-refractivity contribution is 8.08. The van der Waals surface area contributed by atoms with Gasteiger partial charge in [0.2, 0.25) is 5.28 Å². The predicted octanol–water partition coefficient (Wildman–Crippen LogP) is 1.53. The standard InChI is InChI=1S/C6H7ClN4S/c1-3-11(12-3)5-2-4(8)9-6(7)10-5/h2-3H,1H3,(H2,8,9,10). The summed E-state index contributed by atoms with van der Waals surface area (Å²) in [6.07, 6.45) is 0. The van der Waals surface area contributed by atoms with Crippen LogP contribution in [0.5, 0.6) is 0 Å². The number of nitrogens with zero attached hydrogens (tertiary/aromatic N) is 3. The molecule has 1 fully saturated rings. The lowest BCUT2D eigenvalue weighted by Gasteiger charge is -2.01. The molecule has 6 heteroatoms. The van der Waals surface area contributed by atoms with Crippen molar-refractivity contribution < 1.29 is 0 Å². The van der Waals surface area contributed by atoms with Crippen LogP contribution in [0.1, 0.15) is 6.92 Å². The molecular formula is C6H7ClN4S. The van der Waals surface area contributed by atoms with Gasteiger partial charge in [-0.3, -0.25) is 4.31 Å². The first-order valence-corrected chi connectivity index (χ1v) is 4.64. The Kier molecular flexibility index (Phi) is 1.77. The summed E-state index contributed by atoms with van der Waals surface area (Å²) in [7, 11) is 0. The largest absolute Gasteiger partial charge is 0.383 e. The van der Waals surface area contributed by atoms with E-state index in [9.17, 15) is 0 Å². The van der Waals surface area contributed by atoms with E-state index in [0.717, 1.165) is 5.82 Å². The van der Waals surface area contributed by atoms with Crippen molar-refractivity contribution in [3.8, 4) is 0 Å². The third-order valence-electron chi connectivity index (χ3n) is 1.48. The molecule has 1 unspecified atom stereocenters. The number of anilines is 2. The van der Waals surface area contributed by atoms with E-state index in [4.69, 9.17) is 17.3 Å². The van der Waals surface area contributed by atoms with Crippen LogP contribution in [-0.2, 0) is 0 Å². The average Bonchev–Trinajstić information content (AvgIpc) is 2.64. The van der Waals surface area contributed by atoms with E-state index in [-0.39, 0.29) is 5.28 Å². The highest BCUT2D eigenvalue weighted by Crippen LogP contribution is 2.43. The van der Waals surface area contributed by atoms with E-state index in [2.05, 4.69) is 16.9 Å². The molecule has 0 aliphatic carbocycles. The lowest BCUT2D eigenvalue weighted by Crippen LogP contribution is -2.01. The van der Waals surface area contributed by atoms with Crippen molar-refractivity contribution in [2.75, 3.05) is 10.0 Å². The summed E-state index contributed by atoms with van der Waals surface area (Å²) in [5, 5.41) is 0.667. The Hall–Kier alpha value is -0.680. The second-order valence-corrected chi connectivity index (χ2v) is 4.08. The fourth-order valence-electron chi connectivity index (χ4n) is 0.913. The Labute approximate surface area is 79.3 Å². The number of hydrogen-bond acceptors (Lipinski definition) is 5. The molecule has 1 aliphatic heterocycles. The maximum absolute atomic E-state index is 5.63. The number of nitrogens with two attached hydrogens (primary N) is 1. The number of nitrogen functional groups attached to an aromatic ring is 1. The average molecular weight is 203 g/mol. The summed E-state index contributed by atoms with van der Waals surface area (Å²) in [5.74, 6) is 1.19. The third kappa shape index (κ3) is 1.42. The van der Waals surface area contributed by atoms with Crippen LogP contribution in [0.3, 0.4) is 0 Å². The molecule has 0 bridgehead atoms. The van der Waals surface area contributed by atoms with Crippen LogP contribution in [-0.4, -0.2) is 15.3 Å². The molecule has 0 radical (unpaired) electrons. The molecule has 1 saturated heterocycles. The van der Waals surface area contributed by atoms with Crippen LogP contribution in [0, 0.1) is 0 Å². The van der Waals surface area contributed by atoms with E-state index in [0.29, 0.717) is 11.2 Å². The van der Waals surface area contributed by atoms with Gasteiger partial charge in [-0.1, -0.05) is 0 Å². The van der Waals surface area contributed by atoms with Gasteiger partial charge in [0, 0.05) is 6.07 Å². The Morgan fingerprint density at radius 1 is 1.67 bits per heavy atom. The highest BCUT2D eigenvalue weighted by Gasteiger charge is 2.33. The second kappa shape index (κ2) is 2.67. The molecule has 0 amide bonds. The summed E-state index contributed by atoms with van der Waals surface area (Å²) in [6.45, 7) is 2.08. The van der Waals surface area contributed by atoms with Crippen molar-refractivity contribution >= 4 is 35.2 Å². The van der Waals surface area contributed by atoms with Gasteiger partial charge in [0.05, 0.1) is 0 Å². The maximum atomic E-state index is 5.63. The fourth-order valence-corrected chi connectivity index (χ4v) is 1.68. The van der Waals surface area contributed by atoms with E-state index < -0.39 is 0 Å². The number of halogens is 1. The van der Waals surface area contributed by atoms with Crippen LogP contribution in [0.25, 0.3) is 0 Å². The quantitative estimate of drug-likeness (QED) is 0.425. The number of hydrogen-bond donors (Lipinski definition) is 1. The highest BCUT2D eigenvalue weighted by atomic mass is 35.5. The van der Waals surface area contributed by atoms with E-state index in [1.807, 2.05) is 4.31 Å². The summed E-state index contributed by atoms with van der Waals surface area (Å²) in [4.78, 5) is 7.79. The minimum Gasteiger partial charge on any atom is -0.383 e. The minimum absolute atomic E-state index is 0.199. The van der Waals surface area contributed by atoms with Crippen LogP contribution >= 0.6 is 23.5 Å². The SMILES string of the molecule is CC1SN1c1cc(N)nc(Cl)n1. The monoisotopic (exact) mass is 202 g/mol. The predicted molar refractivity (Wildman–Crippen MR) is 51.0 cm³/mol. The maximum Gasteiger partial charge on any atom is 0.226 e. The minimum atomic E-state index is 0.199. The molecule has 2 heterocycles. The van der Waals surface area contributed by atoms with Crippen LogP contribution in [0.15, 0.2) is 6.07 Å². The van der Waals surface area contributed by atoms with Crippen LogP contribution in [0.4, 0.5) is 11.6 Å². The Bertz CT molecular complexity index is 298. The Balaban J connectivity index is 2.32. The normalized spacial score (nSPS) is 21.2. The van der Waals surface area contributed by atoms with Crippen LogP contribution in [0.2, 0.25) is 5.28 Å². The van der Waals surface area contributed by atoms with E-state index >= 15 is 0 Å². The van der Waals surface area contributed by atoms with E-state index in [1.54, 1.807) is 18.0 Å². The first-order chi connectivity index (χ1) is 5.66. The van der Waals surface area contributed by atoms with Gasteiger partial charge in [-0.25, -0.2) is 4.98 Å². The van der Waals surface area contributed by atoms with Crippen molar-refractivity contribution in [2.24, 2.45) is 0 Å². The third-order valence-corrected chi connectivity index (χ3v) is 2.68. The summed E-state index contributed by atoms with van der Waals surface area (Å²) >= 11 is 7.32.